The molecule has 2 fully saturated rings. The third kappa shape index (κ3) is 5.92. The first-order valence-corrected chi connectivity index (χ1v) is 15.7. The Hall–Kier alpha value is -3.92. The van der Waals surface area contributed by atoms with Crippen molar-refractivity contribution in [2.75, 3.05) is 36.5 Å². The molecular weight excluding hydrogens is 603 g/mol. The standard InChI is InChI=1S/C28H32F3N7O5S/c1-26(2)16-18-17-37(26)24-19(25(39)36-44(40,41)23-5-3-4-20(33-23)32-12-15-42-18)6-7-21(34-24)38-13-8-22(35-38)43-14-11-27(9-10-27)28(29,30)31/h3-8,13,18H,9-12,14-17H2,1-2H3,(H,32,33)(H,36,39)/t18-/m1/s1. The number of carbonyl (C=O) groups excluding carboxylic acids is 1. The molecule has 3 aromatic heterocycles. The van der Waals surface area contributed by atoms with Crippen LogP contribution in [0.3, 0.4) is 0 Å². The Balaban J connectivity index is 1.30. The number of hydrogen-bond acceptors (Lipinski definition) is 10. The quantitative estimate of drug-likeness (QED) is 0.427. The Bertz CT molecular complexity index is 1670. The van der Waals surface area contributed by atoms with E-state index in [1.54, 1.807) is 12.3 Å². The number of alkyl halides is 3. The predicted molar refractivity (Wildman–Crippen MR) is 152 cm³/mol. The number of pyridine rings is 2. The molecule has 0 aromatic carbocycles. The summed E-state index contributed by atoms with van der Waals surface area (Å²) in [7, 11) is -4.33. The van der Waals surface area contributed by atoms with Gasteiger partial charge < -0.3 is 19.7 Å². The summed E-state index contributed by atoms with van der Waals surface area (Å²) in [6.45, 7) is 4.93. The van der Waals surface area contributed by atoms with Crippen LogP contribution >= 0.6 is 0 Å². The average molecular weight is 636 g/mol. The van der Waals surface area contributed by atoms with Crippen LogP contribution in [-0.4, -0.2) is 78.2 Å². The van der Waals surface area contributed by atoms with Crippen LogP contribution in [0.15, 0.2) is 47.6 Å². The van der Waals surface area contributed by atoms with E-state index < -0.39 is 33.1 Å². The van der Waals surface area contributed by atoms with Crippen molar-refractivity contribution in [2.24, 2.45) is 5.41 Å². The van der Waals surface area contributed by atoms with E-state index in [0.717, 1.165) is 0 Å². The molecule has 5 heterocycles. The van der Waals surface area contributed by atoms with E-state index >= 15 is 0 Å². The van der Waals surface area contributed by atoms with E-state index in [2.05, 4.69) is 20.1 Å². The topological polar surface area (TPSA) is 141 Å². The van der Waals surface area contributed by atoms with Crippen LogP contribution in [0.25, 0.3) is 5.82 Å². The molecule has 0 spiro atoms. The van der Waals surface area contributed by atoms with E-state index in [4.69, 9.17) is 14.5 Å². The number of nitrogens with zero attached hydrogens (tertiary/aromatic N) is 5. The molecule has 1 saturated heterocycles. The van der Waals surface area contributed by atoms with Gasteiger partial charge in [0.25, 0.3) is 15.9 Å². The van der Waals surface area contributed by atoms with Gasteiger partial charge in [-0.1, -0.05) is 6.07 Å². The van der Waals surface area contributed by atoms with Gasteiger partial charge in [-0.3, -0.25) is 4.79 Å². The number of rotatable bonds is 5. The van der Waals surface area contributed by atoms with Crippen molar-refractivity contribution in [1.82, 2.24) is 24.5 Å². The van der Waals surface area contributed by atoms with Crippen LogP contribution in [-0.2, 0) is 14.8 Å². The van der Waals surface area contributed by atoms with E-state index in [-0.39, 0.29) is 54.3 Å². The zero-order valence-electron chi connectivity index (χ0n) is 24.1. The number of halogens is 3. The summed E-state index contributed by atoms with van der Waals surface area (Å²) in [6.07, 6.45) is -2.25. The highest BCUT2D eigenvalue weighted by atomic mass is 32.2. The predicted octanol–water partition coefficient (Wildman–Crippen LogP) is 3.69. The van der Waals surface area contributed by atoms with Gasteiger partial charge in [-0.2, -0.15) is 21.6 Å². The number of carbonyl (C=O) groups is 1. The van der Waals surface area contributed by atoms with Crippen LogP contribution in [0.1, 0.15) is 49.9 Å². The van der Waals surface area contributed by atoms with Crippen molar-refractivity contribution in [1.29, 1.82) is 0 Å². The van der Waals surface area contributed by atoms with E-state index in [9.17, 15) is 26.4 Å². The number of sulfonamides is 1. The lowest BCUT2D eigenvalue weighted by Gasteiger charge is -2.33. The summed E-state index contributed by atoms with van der Waals surface area (Å²) < 4.78 is 81.2. The fraction of sp³-hybridized carbons (Fsp3) is 0.500. The SMILES string of the molecule is CC1(C)C[C@@H]2CN1c1nc(-n3ccc(OCCC4(C(F)(F)F)CC4)n3)ccc1C(=O)NS(=O)(=O)c1cccc(n1)NCCO2. The highest BCUT2D eigenvalue weighted by Crippen LogP contribution is 2.59. The minimum atomic E-state index is -4.33. The van der Waals surface area contributed by atoms with Gasteiger partial charge in [-0.15, -0.1) is 5.10 Å². The molecule has 0 unspecified atom stereocenters. The molecule has 2 aliphatic heterocycles. The average Bonchev–Trinajstić information content (AvgIpc) is 3.51. The zero-order valence-corrected chi connectivity index (χ0v) is 24.9. The molecule has 2 N–H and O–H groups in total. The van der Waals surface area contributed by atoms with Crippen LogP contribution in [0.5, 0.6) is 5.88 Å². The summed E-state index contributed by atoms with van der Waals surface area (Å²) in [6, 6.07) is 8.90. The first-order valence-electron chi connectivity index (χ1n) is 14.2. The van der Waals surface area contributed by atoms with Crippen LogP contribution in [0.4, 0.5) is 24.8 Å². The maximum absolute atomic E-state index is 13.5. The summed E-state index contributed by atoms with van der Waals surface area (Å²) in [5.41, 5.74) is -2.18. The second kappa shape index (κ2) is 10.9. The van der Waals surface area contributed by atoms with Crippen molar-refractivity contribution < 1.29 is 35.9 Å². The van der Waals surface area contributed by atoms with Crippen molar-refractivity contribution >= 4 is 27.6 Å². The Labute approximate surface area is 252 Å². The molecule has 6 rings (SSSR count). The molecule has 236 valence electrons. The smallest absolute Gasteiger partial charge is 0.394 e. The fourth-order valence-electron chi connectivity index (χ4n) is 5.60. The Morgan fingerprint density at radius 2 is 1.93 bits per heavy atom. The highest BCUT2D eigenvalue weighted by Gasteiger charge is 2.62. The summed E-state index contributed by atoms with van der Waals surface area (Å²) in [5, 5.41) is 7.04. The summed E-state index contributed by atoms with van der Waals surface area (Å²) in [5.74, 6) is 0.0778. The van der Waals surface area contributed by atoms with Gasteiger partial charge in [0.15, 0.2) is 10.8 Å². The molecule has 1 saturated carbocycles. The van der Waals surface area contributed by atoms with Crippen molar-refractivity contribution in [3.63, 3.8) is 0 Å². The fourth-order valence-corrected chi connectivity index (χ4v) is 6.54. The van der Waals surface area contributed by atoms with Crippen molar-refractivity contribution in [2.45, 2.75) is 62.4 Å². The molecule has 3 aromatic rings. The van der Waals surface area contributed by atoms with Gasteiger partial charge in [-0.05, 0) is 63.8 Å². The Morgan fingerprint density at radius 1 is 1.14 bits per heavy atom. The molecule has 1 aliphatic carbocycles. The molecule has 16 heteroatoms. The number of hydrogen-bond donors (Lipinski definition) is 2. The molecule has 4 bridgehead atoms. The summed E-state index contributed by atoms with van der Waals surface area (Å²) >= 11 is 0. The number of amides is 1. The second-order valence-corrected chi connectivity index (χ2v) is 13.5. The number of ether oxygens (including phenoxy) is 2. The van der Waals surface area contributed by atoms with Gasteiger partial charge >= 0.3 is 6.18 Å². The van der Waals surface area contributed by atoms with Gasteiger partial charge in [0.2, 0.25) is 5.88 Å². The van der Waals surface area contributed by atoms with E-state index in [1.807, 2.05) is 18.7 Å². The second-order valence-electron chi connectivity index (χ2n) is 11.9. The van der Waals surface area contributed by atoms with Crippen molar-refractivity contribution in [3.05, 3.63) is 48.2 Å². The maximum atomic E-state index is 13.5. The van der Waals surface area contributed by atoms with Gasteiger partial charge in [-0.25, -0.2) is 19.4 Å². The lowest BCUT2D eigenvalue weighted by molar-refractivity contribution is -0.190. The van der Waals surface area contributed by atoms with Crippen LogP contribution in [0, 0.1) is 5.41 Å². The number of nitrogens with one attached hydrogen (secondary N) is 2. The van der Waals surface area contributed by atoms with Crippen molar-refractivity contribution in [3.8, 4) is 11.7 Å². The summed E-state index contributed by atoms with van der Waals surface area (Å²) in [4.78, 5) is 24.3. The molecule has 1 atom stereocenters. The third-order valence-electron chi connectivity index (χ3n) is 8.28. The normalized spacial score (nSPS) is 22.2. The first kappa shape index (κ1) is 30.1. The molecule has 0 radical (unpaired) electrons. The monoisotopic (exact) mass is 635 g/mol. The Morgan fingerprint density at radius 3 is 2.68 bits per heavy atom. The van der Waals surface area contributed by atoms with Crippen LogP contribution < -0.4 is 19.7 Å². The van der Waals surface area contributed by atoms with E-state index in [1.165, 1.54) is 35.0 Å². The minimum Gasteiger partial charge on any atom is -0.477 e. The van der Waals surface area contributed by atoms with Crippen LogP contribution in [0.2, 0.25) is 0 Å². The third-order valence-corrected chi connectivity index (χ3v) is 9.51. The molecule has 12 nitrogen and oxygen atoms in total. The maximum Gasteiger partial charge on any atom is 0.394 e. The molecule has 44 heavy (non-hydrogen) atoms. The van der Waals surface area contributed by atoms with Gasteiger partial charge in [0.05, 0.1) is 30.3 Å². The molecule has 3 aliphatic rings. The van der Waals surface area contributed by atoms with Gasteiger partial charge in [0, 0.05) is 30.9 Å². The largest absolute Gasteiger partial charge is 0.477 e. The molecular formula is C28H32F3N7O5S. The number of fused-ring (bicyclic) bond motifs is 6. The molecule has 1 amide bonds. The highest BCUT2D eigenvalue weighted by molar-refractivity contribution is 7.90. The first-order chi connectivity index (χ1) is 20.8. The Kier molecular flexibility index (Phi) is 7.47. The lowest BCUT2D eigenvalue weighted by Crippen LogP contribution is -2.41. The lowest BCUT2D eigenvalue weighted by atomic mass is 10.0. The van der Waals surface area contributed by atoms with E-state index in [0.29, 0.717) is 37.8 Å². The van der Waals surface area contributed by atoms with Gasteiger partial charge in [0.1, 0.15) is 11.6 Å². The zero-order chi connectivity index (χ0) is 31.3. The minimum absolute atomic E-state index is 0.0145. The number of aromatic nitrogens is 4. The number of anilines is 2.